The molecular formula is C10H26N2O5Si. The summed E-state index contributed by atoms with van der Waals surface area (Å²) >= 11 is 0. The molecule has 18 heavy (non-hydrogen) atoms. The van der Waals surface area contributed by atoms with Gasteiger partial charge in [-0.1, -0.05) is 0 Å². The van der Waals surface area contributed by atoms with Gasteiger partial charge in [-0.15, -0.1) is 0 Å². The zero-order valence-electron chi connectivity index (χ0n) is 11.3. The van der Waals surface area contributed by atoms with Gasteiger partial charge in [0, 0.05) is 33.4 Å². The van der Waals surface area contributed by atoms with Crippen LogP contribution in [-0.2, 0) is 13.3 Å². The lowest BCUT2D eigenvalue weighted by Crippen LogP contribution is -2.45. The first-order chi connectivity index (χ1) is 8.74. The van der Waals surface area contributed by atoms with Crippen molar-refractivity contribution in [2.45, 2.75) is 12.5 Å². The Kier molecular flexibility index (Phi) is 12.0. The average Bonchev–Trinajstić information content (AvgIpc) is 2.42. The van der Waals surface area contributed by atoms with Crippen LogP contribution in [0.15, 0.2) is 0 Å². The molecule has 0 unspecified atom stereocenters. The van der Waals surface area contributed by atoms with E-state index >= 15 is 0 Å². The molecule has 0 amide bonds. The van der Waals surface area contributed by atoms with Crippen molar-refractivity contribution in [2.75, 3.05) is 53.8 Å². The molecule has 0 spiro atoms. The van der Waals surface area contributed by atoms with Crippen LogP contribution in [0.3, 0.4) is 0 Å². The Bertz CT molecular complexity index is 184. The van der Waals surface area contributed by atoms with Crippen LogP contribution < -0.4 is 10.6 Å². The Morgan fingerprint density at radius 1 is 1.00 bits per heavy atom. The van der Waals surface area contributed by atoms with Crippen LogP contribution in [0.1, 0.15) is 6.42 Å². The number of hydrogen-bond donors (Lipinski definition) is 4. The number of aliphatic hydroxyl groups excluding tert-OH is 2. The number of rotatable bonds is 13. The van der Waals surface area contributed by atoms with Crippen molar-refractivity contribution in [3.05, 3.63) is 0 Å². The summed E-state index contributed by atoms with van der Waals surface area (Å²) in [6.45, 7) is 2.56. The molecule has 0 saturated heterocycles. The zero-order chi connectivity index (χ0) is 13.7. The quantitative estimate of drug-likeness (QED) is 0.190. The summed E-state index contributed by atoms with van der Waals surface area (Å²) in [6.07, 6.45) is 0.873. The summed E-state index contributed by atoms with van der Waals surface area (Å²) < 4.78 is 16.2. The summed E-state index contributed by atoms with van der Waals surface area (Å²) in [5, 5.41) is 23.3. The molecule has 0 rings (SSSR count). The van der Waals surface area contributed by atoms with Gasteiger partial charge in [-0.25, -0.2) is 0 Å². The average molecular weight is 282 g/mol. The summed E-state index contributed by atoms with van der Waals surface area (Å²) in [6, 6.07) is 0.709. The van der Waals surface area contributed by atoms with E-state index in [2.05, 4.69) is 10.6 Å². The SMILES string of the molecule is CO[Si](CCCNCCNCO)(OC)OCCO. The lowest BCUT2D eigenvalue weighted by molar-refractivity contribution is 0.0782. The molecule has 0 aromatic heterocycles. The Labute approximate surface area is 110 Å². The van der Waals surface area contributed by atoms with Crippen LogP contribution in [0.5, 0.6) is 0 Å². The van der Waals surface area contributed by atoms with Crippen LogP contribution in [0.2, 0.25) is 6.04 Å². The van der Waals surface area contributed by atoms with Crippen molar-refractivity contribution < 1.29 is 23.5 Å². The van der Waals surface area contributed by atoms with E-state index in [1.54, 1.807) is 14.2 Å². The van der Waals surface area contributed by atoms with Gasteiger partial charge in [0.05, 0.1) is 19.9 Å². The molecule has 8 heteroatoms. The smallest absolute Gasteiger partial charge is 0.394 e. The van der Waals surface area contributed by atoms with Gasteiger partial charge in [-0.2, -0.15) is 0 Å². The third-order valence-electron chi connectivity index (χ3n) is 2.46. The Balaban J connectivity index is 3.69. The molecule has 4 N–H and O–H groups in total. The summed E-state index contributed by atoms with van der Waals surface area (Å²) in [7, 11) is 0.555. The molecule has 0 saturated carbocycles. The standard InChI is InChI=1S/C10H26N2O5Si/c1-15-18(16-2,17-8-7-13)9-3-4-11-5-6-12-10-14/h11-14H,3-10H2,1-2H3. The molecule has 0 bridgehead atoms. The molecule has 0 fully saturated rings. The van der Waals surface area contributed by atoms with Crippen molar-refractivity contribution in [2.24, 2.45) is 0 Å². The fraction of sp³-hybridized carbons (Fsp3) is 1.00. The minimum atomic E-state index is -2.60. The van der Waals surface area contributed by atoms with E-state index < -0.39 is 8.80 Å². The summed E-state index contributed by atoms with van der Waals surface area (Å²) in [5.41, 5.74) is 0. The summed E-state index contributed by atoms with van der Waals surface area (Å²) in [4.78, 5) is 0. The normalized spacial score (nSPS) is 12.0. The van der Waals surface area contributed by atoms with Crippen LogP contribution in [-0.4, -0.2) is 72.8 Å². The number of aliphatic hydroxyl groups is 2. The molecule has 7 nitrogen and oxygen atoms in total. The van der Waals surface area contributed by atoms with Gasteiger partial charge >= 0.3 is 8.80 Å². The molecule has 0 atom stereocenters. The maximum atomic E-state index is 8.76. The maximum Gasteiger partial charge on any atom is 0.500 e. The highest BCUT2D eigenvalue weighted by atomic mass is 28.4. The predicted molar refractivity (Wildman–Crippen MR) is 70.2 cm³/mol. The fourth-order valence-electron chi connectivity index (χ4n) is 1.49. The number of nitrogens with one attached hydrogen (secondary N) is 2. The topological polar surface area (TPSA) is 92.2 Å². The van der Waals surface area contributed by atoms with Crippen molar-refractivity contribution in [3.8, 4) is 0 Å². The van der Waals surface area contributed by atoms with Gasteiger partial charge in [0.25, 0.3) is 0 Å². The zero-order valence-corrected chi connectivity index (χ0v) is 12.3. The molecule has 110 valence electrons. The first-order valence-corrected chi connectivity index (χ1v) is 8.05. The Hall–Kier alpha value is -0.0631. The third-order valence-corrected chi connectivity index (χ3v) is 5.32. The molecule has 0 aliphatic carbocycles. The number of hydrogen-bond acceptors (Lipinski definition) is 7. The van der Waals surface area contributed by atoms with Crippen LogP contribution >= 0.6 is 0 Å². The minimum absolute atomic E-state index is 0.0000534. The van der Waals surface area contributed by atoms with E-state index in [4.69, 9.17) is 23.5 Å². The van der Waals surface area contributed by atoms with Crippen molar-refractivity contribution in [1.29, 1.82) is 0 Å². The first-order valence-electron chi connectivity index (χ1n) is 6.12. The fourth-order valence-corrected chi connectivity index (χ4v) is 3.46. The van der Waals surface area contributed by atoms with E-state index in [0.717, 1.165) is 26.1 Å². The molecular weight excluding hydrogens is 256 g/mol. The lowest BCUT2D eigenvalue weighted by Gasteiger charge is -2.26. The second-order valence-electron chi connectivity index (χ2n) is 3.67. The first kappa shape index (κ1) is 17.9. The maximum absolute atomic E-state index is 8.76. The highest BCUT2D eigenvalue weighted by Gasteiger charge is 2.38. The molecule has 0 aliphatic rings. The highest BCUT2D eigenvalue weighted by Crippen LogP contribution is 2.15. The summed E-state index contributed by atoms with van der Waals surface area (Å²) in [5.74, 6) is 0. The van der Waals surface area contributed by atoms with E-state index in [1.165, 1.54) is 0 Å². The van der Waals surface area contributed by atoms with Crippen LogP contribution in [0, 0.1) is 0 Å². The van der Waals surface area contributed by atoms with Crippen molar-refractivity contribution in [3.63, 3.8) is 0 Å². The van der Waals surface area contributed by atoms with Crippen LogP contribution in [0.25, 0.3) is 0 Å². The van der Waals surface area contributed by atoms with E-state index in [0.29, 0.717) is 6.04 Å². The van der Waals surface area contributed by atoms with Gasteiger partial charge in [0.2, 0.25) is 0 Å². The van der Waals surface area contributed by atoms with Gasteiger partial charge in [-0.3, -0.25) is 5.32 Å². The van der Waals surface area contributed by atoms with Gasteiger partial charge < -0.3 is 28.8 Å². The van der Waals surface area contributed by atoms with Gasteiger partial charge in [0.1, 0.15) is 0 Å². The van der Waals surface area contributed by atoms with E-state index in [9.17, 15) is 0 Å². The van der Waals surface area contributed by atoms with E-state index in [-0.39, 0.29) is 19.9 Å². The molecule has 0 aromatic rings. The largest absolute Gasteiger partial charge is 0.500 e. The molecule has 0 radical (unpaired) electrons. The Morgan fingerprint density at radius 3 is 2.22 bits per heavy atom. The van der Waals surface area contributed by atoms with Crippen molar-refractivity contribution >= 4 is 8.80 Å². The molecule has 0 aromatic carbocycles. The highest BCUT2D eigenvalue weighted by molar-refractivity contribution is 6.60. The van der Waals surface area contributed by atoms with E-state index in [1.807, 2.05) is 0 Å². The Morgan fingerprint density at radius 2 is 1.67 bits per heavy atom. The van der Waals surface area contributed by atoms with Crippen LogP contribution in [0.4, 0.5) is 0 Å². The molecule has 0 aliphatic heterocycles. The second-order valence-corrected chi connectivity index (χ2v) is 6.65. The minimum Gasteiger partial charge on any atom is -0.394 e. The van der Waals surface area contributed by atoms with Crippen molar-refractivity contribution in [1.82, 2.24) is 10.6 Å². The lowest BCUT2D eigenvalue weighted by atomic mass is 10.4. The predicted octanol–water partition coefficient (Wildman–Crippen LogP) is -1.25. The van der Waals surface area contributed by atoms with Gasteiger partial charge in [-0.05, 0) is 13.0 Å². The van der Waals surface area contributed by atoms with Gasteiger partial charge in [0.15, 0.2) is 0 Å². The monoisotopic (exact) mass is 282 g/mol. The third kappa shape index (κ3) is 8.11. The molecule has 0 heterocycles. The second kappa shape index (κ2) is 12.0.